The zero-order chi connectivity index (χ0) is 9.90. The average molecular weight is 193 g/mol. The van der Waals surface area contributed by atoms with Gasteiger partial charge in [-0.25, -0.2) is 0 Å². The fraction of sp³-hybridized carbons (Fsp3) is 0.889. The molecule has 1 rings (SSSR count). The summed E-state index contributed by atoms with van der Waals surface area (Å²) < 4.78 is 36.8. The molecule has 2 atom stereocenters. The second-order valence-electron chi connectivity index (χ2n) is 3.62. The standard InChI is InChI=1S/C9H12F3O/c10-9(11,12)8-3-1-2-7(6-8)4-5-13/h7-8H,1-4,6H2. The molecule has 0 aromatic rings. The molecule has 1 saturated carbocycles. The molecule has 4 heteroatoms. The van der Waals surface area contributed by atoms with Gasteiger partial charge in [0.15, 0.2) is 6.29 Å². The maximum Gasteiger partial charge on any atom is 0.391 e. The van der Waals surface area contributed by atoms with Crippen molar-refractivity contribution in [1.29, 1.82) is 0 Å². The van der Waals surface area contributed by atoms with Crippen molar-refractivity contribution >= 4 is 6.29 Å². The Labute approximate surface area is 75.3 Å². The first-order valence-corrected chi connectivity index (χ1v) is 4.45. The van der Waals surface area contributed by atoms with Crippen molar-refractivity contribution < 1.29 is 18.0 Å². The molecule has 75 valence electrons. The van der Waals surface area contributed by atoms with E-state index in [-0.39, 0.29) is 25.2 Å². The maximum atomic E-state index is 12.3. The van der Waals surface area contributed by atoms with Crippen LogP contribution in [0, 0.1) is 11.8 Å². The predicted molar refractivity (Wildman–Crippen MR) is 41.8 cm³/mol. The van der Waals surface area contributed by atoms with Crippen LogP contribution < -0.4 is 0 Å². The largest absolute Gasteiger partial charge is 0.391 e. The summed E-state index contributed by atoms with van der Waals surface area (Å²) in [6.07, 6.45) is -0.582. The minimum absolute atomic E-state index is 0.0992. The fourth-order valence-corrected chi connectivity index (χ4v) is 1.89. The fourth-order valence-electron chi connectivity index (χ4n) is 1.89. The van der Waals surface area contributed by atoms with E-state index in [9.17, 15) is 18.0 Å². The van der Waals surface area contributed by atoms with E-state index in [1.807, 2.05) is 0 Å². The predicted octanol–water partition coefficient (Wildman–Crippen LogP) is 2.85. The van der Waals surface area contributed by atoms with Crippen LogP contribution in [0.4, 0.5) is 13.2 Å². The third kappa shape index (κ3) is 3.01. The van der Waals surface area contributed by atoms with Crippen LogP contribution in [-0.4, -0.2) is 12.5 Å². The highest BCUT2D eigenvalue weighted by atomic mass is 19.4. The van der Waals surface area contributed by atoms with Crippen molar-refractivity contribution in [2.45, 2.75) is 38.3 Å². The van der Waals surface area contributed by atoms with E-state index >= 15 is 0 Å². The Balaban J connectivity index is 2.46. The highest BCUT2D eigenvalue weighted by Gasteiger charge is 2.41. The molecule has 0 aliphatic heterocycles. The second kappa shape index (κ2) is 4.11. The van der Waals surface area contributed by atoms with Gasteiger partial charge in [-0.05, 0) is 25.2 Å². The van der Waals surface area contributed by atoms with E-state index in [1.54, 1.807) is 6.29 Å². The molecule has 0 heterocycles. The van der Waals surface area contributed by atoms with Crippen LogP contribution in [0.2, 0.25) is 0 Å². The number of hydrogen-bond donors (Lipinski definition) is 0. The molecule has 2 unspecified atom stereocenters. The van der Waals surface area contributed by atoms with Crippen molar-refractivity contribution in [1.82, 2.24) is 0 Å². The van der Waals surface area contributed by atoms with Gasteiger partial charge in [0.1, 0.15) is 0 Å². The zero-order valence-electron chi connectivity index (χ0n) is 7.23. The van der Waals surface area contributed by atoms with Crippen LogP contribution in [-0.2, 0) is 4.79 Å². The Morgan fingerprint density at radius 1 is 1.31 bits per heavy atom. The molecule has 0 amide bonds. The van der Waals surface area contributed by atoms with Gasteiger partial charge < -0.3 is 0 Å². The van der Waals surface area contributed by atoms with Gasteiger partial charge >= 0.3 is 6.18 Å². The van der Waals surface area contributed by atoms with Crippen LogP contribution in [0.1, 0.15) is 32.1 Å². The molecule has 13 heavy (non-hydrogen) atoms. The van der Waals surface area contributed by atoms with Gasteiger partial charge in [0, 0.05) is 6.42 Å². The lowest BCUT2D eigenvalue weighted by atomic mass is 9.80. The first-order valence-electron chi connectivity index (χ1n) is 4.45. The molecule has 0 saturated heterocycles. The number of rotatable bonds is 2. The molecule has 0 aromatic carbocycles. The quantitative estimate of drug-likeness (QED) is 0.659. The lowest BCUT2D eigenvalue weighted by molar-refractivity contribution is -0.185. The smallest absolute Gasteiger partial charge is 0.291 e. The molecule has 1 aliphatic rings. The van der Waals surface area contributed by atoms with Crippen LogP contribution in [0.5, 0.6) is 0 Å². The summed E-state index contributed by atoms with van der Waals surface area (Å²) in [5.74, 6) is -1.29. The van der Waals surface area contributed by atoms with Crippen LogP contribution >= 0.6 is 0 Å². The maximum absolute atomic E-state index is 12.3. The number of alkyl halides is 3. The van der Waals surface area contributed by atoms with Gasteiger partial charge in [-0.1, -0.05) is 6.42 Å². The molecule has 0 bridgehead atoms. The summed E-state index contributed by atoms with van der Waals surface area (Å²) in [5, 5.41) is 0. The molecular formula is C9H12F3O. The van der Waals surface area contributed by atoms with Gasteiger partial charge in [-0.15, -0.1) is 0 Å². The summed E-state index contributed by atoms with van der Waals surface area (Å²) in [6.45, 7) is 0. The lowest BCUT2D eigenvalue weighted by Gasteiger charge is -2.29. The van der Waals surface area contributed by atoms with Gasteiger partial charge in [0.2, 0.25) is 0 Å². The monoisotopic (exact) mass is 193 g/mol. The first kappa shape index (κ1) is 10.5. The Kier molecular flexibility index (Phi) is 3.33. The first-order chi connectivity index (χ1) is 6.04. The van der Waals surface area contributed by atoms with Crippen molar-refractivity contribution in [3.63, 3.8) is 0 Å². The Hall–Kier alpha value is -0.540. The minimum atomic E-state index is -4.08. The summed E-state index contributed by atoms with van der Waals surface area (Å²) in [4.78, 5) is 10.0. The molecule has 0 N–H and O–H groups in total. The molecule has 0 aromatic heterocycles. The summed E-state index contributed by atoms with van der Waals surface area (Å²) >= 11 is 0. The molecule has 1 fully saturated rings. The Morgan fingerprint density at radius 2 is 2.00 bits per heavy atom. The van der Waals surface area contributed by atoms with Crippen molar-refractivity contribution in [3.05, 3.63) is 0 Å². The molecule has 1 aliphatic carbocycles. The average Bonchev–Trinajstić information content (AvgIpc) is 2.04. The minimum Gasteiger partial charge on any atom is -0.291 e. The number of halogens is 3. The molecule has 0 spiro atoms. The van der Waals surface area contributed by atoms with E-state index in [2.05, 4.69) is 0 Å². The molecule has 1 nitrogen and oxygen atoms in total. The van der Waals surface area contributed by atoms with Crippen molar-refractivity contribution in [3.8, 4) is 0 Å². The summed E-state index contributed by atoms with van der Waals surface area (Å²) in [6, 6.07) is 0. The van der Waals surface area contributed by atoms with E-state index in [4.69, 9.17) is 0 Å². The van der Waals surface area contributed by atoms with Crippen molar-refractivity contribution in [2.24, 2.45) is 11.8 Å². The van der Waals surface area contributed by atoms with Crippen molar-refractivity contribution in [2.75, 3.05) is 0 Å². The van der Waals surface area contributed by atoms with Crippen LogP contribution in [0.25, 0.3) is 0 Å². The van der Waals surface area contributed by atoms with E-state index < -0.39 is 12.1 Å². The Bertz CT molecular complexity index is 176. The van der Waals surface area contributed by atoms with Gasteiger partial charge in [-0.3, -0.25) is 4.79 Å². The number of hydrogen-bond acceptors (Lipinski definition) is 1. The highest BCUT2D eigenvalue weighted by Crippen LogP contribution is 2.40. The summed E-state index contributed by atoms with van der Waals surface area (Å²) in [7, 11) is 0. The van der Waals surface area contributed by atoms with Gasteiger partial charge in [0.05, 0.1) is 5.92 Å². The van der Waals surface area contributed by atoms with Crippen LogP contribution in [0.15, 0.2) is 0 Å². The third-order valence-corrected chi connectivity index (χ3v) is 2.62. The van der Waals surface area contributed by atoms with Gasteiger partial charge in [0.25, 0.3) is 0 Å². The van der Waals surface area contributed by atoms with E-state index in [0.29, 0.717) is 6.42 Å². The van der Waals surface area contributed by atoms with E-state index in [1.165, 1.54) is 0 Å². The number of carbonyl (C=O) groups excluding carboxylic acids is 1. The molecule has 1 radical (unpaired) electrons. The van der Waals surface area contributed by atoms with E-state index in [0.717, 1.165) is 6.42 Å². The second-order valence-corrected chi connectivity index (χ2v) is 3.62. The summed E-state index contributed by atoms with van der Waals surface area (Å²) in [5.41, 5.74) is 0. The highest BCUT2D eigenvalue weighted by molar-refractivity contribution is 5.50. The normalized spacial score (nSPS) is 30.1. The third-order valence-electron chi connectivity index (χ3n) is 2.62. The molecular weight excluding hydrogens is 181 g/mol. The lowest BCUT2D eigenvalue weighted by Crippen LogP contribution is -2.28. The topological polar surface area (TPSA) is 17.1 Å². The van der Waals surface area contributed by atoms with Crippen LogP contribution in [0.3, 0.4) is 0 Å². The Morgan fingerprint density at radius 3 is 2.54 bits per heavy atom. The zero-order valence-corrected chi connectivity index (χ0v) is 7.23. The van der Waals surface area contributed by atoms with Gasteiger partial charge in [-0.2, -0.15) is 13.2 Å². The SMILES string of the molecule is O=[C]CC1CCCC(C(F)(F)F)C1.